The summed E-state index contributed by atoms with van der Waals surface area (Å²) < 4.78 is 10.8. The van der Waals surface area contributed by atoms with Crippen LogP contribution in [0, 0.1) is 5.92 Å². The van der Waals surface area contributed by atoms with Crippen LogP contribution < -0.4 is 9.47 Å². The summed E-state index contributed by atoms with van der Waals surface area (Å²) in [6.07, 6.45) is 0.447. The van der Waals surface area contributed by atoms with Crippen molar-refractivity contribution in [2.75, 3.05) is 6.61 Å². The maximum atomic E-state index is 11.9. The zero-order valence-corrected chi connectivity index (χ0v) is 15.6. The molecule has 0 saturated carbocycles. The van der Waals surface area contributed by atoms with Crippen LogP contribution in [0.4, 0.5) is 0 Å². The monoisotopic (exact) mass is 402 g/mol. The Morgan fingerprint density at radius 3 is 1.79 bits per heavy atom. The van der Waals surface area contributed by atoms with Crippen molar-refractivity contribution in [1.29, 1.82) is 0 Å². The number of rotatable bonds is 12. The molecule has 0 bridgehead atoms. The van der Waals surface area contributed by atoms with Crippen LogP contribution in [-0.4, -0.2) is 45.4 Å². The van der Waals surface area contributed by atoms with E-state index in [1.807, 2.05) is 18.2 Å². The fourth-order valence-electron chi connectivity index (χ4n) is 2.88. The molecule has 0 saturated heterocycles. The summed E-state index contributed by atoms with van der Waals surface area (Å²) in [6, 6.07) is 16.4. The zero-order chi connectivity index (χ0) is 21.3. The molecule has 154 valence electrons. The van der Waals surface area contributed by atoms with Gasteiger partial charge in [0.15, 0.2) is 0 Å². The van der Waals surface area contributed by atoms with E-state index in [1.165, 1.54) is 24.3 Å². The van der Waals surface area contributed by atoms with Crippen molar-refractivity contribution in [1.82, 2.24) is 0 Å². The van der Waals surface area contributed by atoms with Gasteiger partial charge in [0, 0.05) is 0 Å². The average molecular weight is 402 g/mol. The van der Waals surface area contributed by atoms with Crippen LogP contribution in [0.15, 0.2) is 60.7 Å². The van der Waals surface area contributed by atoms with Crippen molar-refractivity contribution in [2.45, 2.75) is 24.9 Å². The van der Waals surface area contributed by atoms with Crippen molar-refractivity contribution < 1.29 is 39.2 Å². The van der Waals surface area contributed by atoms with E-state index in [0.717, 1.165) is 0 Å². The first-order chi connectivity index (χ1) is 13.9. The SMILES string of the molecule is O=C(O)C(CCCCOc1ccccc1)C(Oc1ccccc1)(C(=O)O)C(=O)O. The molecule has 0 heterocycles. The molecule has 3 N–H and O–H groups in total. The molecule has 8 nitrogen and oxygen atoms in total. The summed E-state index contributed by atoms with van der Waals surface area (Å²) in [5, 5.41) is 28.8. The summed E-state index contributed by atoms with van der Waals surface area (Å²) >= 11 is 0. The highest BCUT2D eigenvalue weighted by atomic mass is 16.6. The second-order valence-electron chi connectivity index (χ2n) is 6.31. The number of para-hydroxylation sites is 2. The highest BCUT2D eigenvalue weighted by Crippen LogP contribution is 2.31. The van der Waals surface area contributed by atoms with E-state index in [-0.39, 0.29) is 25.2 Å². The minimum Gasteiger partial charge on any atom is -0.494 e. The summed E-state index contributed by atoms with van der Waals surface area (Å²) in [7, 11) is 0. The third kappa shape index (κ3) is 5.47. The van der Waals surface area contributed by atoms with Crippen molar-refractivity contribution >= 4 is 17.9 Å². The van der Waals surface area contributed by atoms with Gasteiger partial charge in [0.2, 0.25) is 0 Å². The van der Waals surface area contributed by atoms with Gasteiger partial charge in [0.05, 0.1) is 6.61 Å². The standard InChI is InChI=1S/C21H22O8/c22-18(23)17(13-7-8-14-28-15-9-3-1-4-10-15)21(19(24)25,20(26)27)29-16-11-5-2-6-12-16/h1-6,9-12,17H,7-8,13-14H2,(H,22,23)(H,24,25)(H,26,27). The molecule has 1 unspecified atom stereocenters. The number of aliphatic carboxylic acids is 3. The first-order valence-corrected chi connectivity index (χ1v) is 8.99. The number of hydrogen-bond acceptors (Lipinski definition) is 5. The second-order valence-corrected chi connectivity index (χ2v) is 6.31. The second kappa shape index (κ2) is 10.1. The fraction of sp³-hybridized carbons (Fsp3) is 0.286. The number of unbranched alkanes of at least 4 members (excludes halogenated alkanes) is 1. The molecule has 1 atom stereocenters. The third-order valence-corrected chi connectivity index (χ3v) is 4.35. The van der Waals surface area contributed by atoms with Crippen LogP contribution in [-0.2, 0) is 14.4 Å². The Morgan fingerprint density at radius 1 is 0.793 bits per heavy atom. The molecule has 0 aliphatic carbocycles. The lowest BCUT2D eigenvalue weighted by Crippen LogP contribution is -2.59. The molecular weight excluding hydrogens is 380 g/mol. The Hall–Kier alpha value is -3.55. The van der Waals surface area contributed by atoms with Gasteiger partial charge in [-0.1, -0.05) is 36.4 Å². The zero-order valence-electron chi connectivity index (χ0n) is 15.6. The van der Waals surface area contributed by atoms with E-state index in [9.17, 15) is 29.7 Å². The Morgan fingerprint density at radius 2 is 1.31 bits per heavy atom. The molecule has 8 heteroatoms. The van der Waals surface area contributed by atoms with Gasteiger partial charge >= 0.3 is 23.5 Å². The predicted octanol–water partition coefficient (Wildman–Crippen LogP) is 2.92. The lowest BCUT2D eigenvalue weighted by atomic mass is 9.83. The van der Waals surface area contributed by atoms with Crippen LogP contribution in [0.1, 0.15) is 19.3 Å². The number of benzene rings is 2. The third-order valence-electron chi connectivity index (χ3n) is 4.35. The van der Waals surface area contributed by atoms with Crippen molar-refractivity contribution in [3.8, 4) is 11.5 Å². The van der Waals surface area contributed by atoms with Crippen molar-refractivity contribution in [2.24, 2.45) is 5.92 Å². The average Bonchev–Trinajstić information content (AvgIpc) is 2.70. The highest BCUT2D eigenvalue weighted by Gasteiger charge is 2.59. The quantitative estimate of drug-likeness (QED) is 0.365. The van der Waals surface area contributed by atoms with Crippen molar-refractivity contribution in [3.05, 3.63) is 60.7 Å². The minimum atomic E-state index is -2.95. The molecule has 0 amide bonds. The van der Waals surface area contributed by atoms with Gasteiger partial charge in [0.1, 0.15) is 17.4 Å². The maximum absolute atomic E-state index is 11.9. The highest BCUT2D eigenvalue weighted by molar-refractivity contribution is 6.06. The molecule has 2 rings (SSSR count). The van der Waals surface area contributed by atoms with Gasteiger partial charge in [-0.25, -0.2) is 9.59 Å². The number of carboxylic acid groups (broad SMARTS) is 3. The molecule has 0 aliphatic rings. The van der Waals surface area contributed by atoms with E-state index in [0.29, 0.717) is 12.2 Å². The molecular formula is C21H22O8. The Balaban J connectivity index is 2.11. The van der Waals surface area contributed by atoms with Crippen LogP contribution in [0.2, 0.25) is 0 Å². The normalized spacial score (nSPS) is 12.0. The maximum Gasteiger partial charge on any atom is 0.360 e. The lowest BCUT2D eigenvalue weighted by Gasteiger charge is -2.31. The van der Waals surface area contributed by atoms with E-state index < -0.39 is 29.4 Å². The fourth-order valence-corrected chi connectivity index (χ4v) is 2.88. The number of ether oxygens (including phenoxy) is 2. The molecule has 0 aromatic heterocycles. The Labute approximate surface area is 167 Å². The van der Waals surface area contributed by atoms with Crippen LogP contribution in [0.25, 0.3) is 0 Å². The van der Waals surface area contributed by atoms with E-state index in [1.54, 1.807) is 18.2 Å². The summed E-state index contributed by atoms with van der Waals surface area (Å²) in [5.41, 5.74) is -2.95. The smallest absolute Gasteiger partial charge is 0.360 e. The van der Waals surface area contributed by atoms with Crippen LogP contribution in [0.5, 0.6) is 11.5 Å². The molecule has 29 heavy (non-hydrogen) atoms. The molecule has 0 aliphatic heterocycles. The molecule has 0 radical (unpaired) electrons. The van der Waals surface area contributed by atoms with Gasteiger partial charge in [-0.15, -0.1) is 0 Å². The lowest BCUT2D eigenvalue weighted by molar-refractivity contribution is -0.185. The predicted molar refractivity (Wildman–Crippen MR) is 102 cm³/mol. The number of carbonyl (C=O) groups is 3. The van der Waals surface area contributed by atoms with E-state index in [2.05, 4.69) is 0 Å². The Bertz CT molecular complexity index is 805. The molecule has 2 aromatic rings. The van der Waals surface area contributed by atoms with Gasteiger partial charge in [0.25, 0.3) is 0 Å². The van der Waals surface area contributed by atoms with Gasteiger partial charge in [-0.2, -0.15) is 0 Å². The summed E-state index contributed by atoms with van der Waals surface area (Å²) in [4.78, 5) is 35.6. The largest absolute Gasteiger partial charge is 0.494 e. The van der Waals surface area contributed by atoms with Gasteiger partial charge < -0.3 is 24.8 Å². The number of carboxylic acids is 3. The first-order valence-electron chi connectivity index (χ1n) is 8.99. The van der Waals surface area contributed by atoms with Gasteiger partial charge in [-0.05, 0) is 43.5 Å². The molecule has 0 spiro atoms. The summed E-state index contributed by atoms with van der Waals surface area (Å²) in [5.74, 6) is -6.50. The minimum absolute atomic E-state index is 0.0454. The molecule has 2 aromatic carbocycles. The molecule has 0 fully saturated rings. The van der Waals surface area contributed by atoms with E-state index >= 15 is 0 Å². The van der Waals surface area contributed by atoms with E-state index in [4.69, 9.17) is 9.47 Å². The summed E-state index contributed by atoms with van der Waals surface area (Å²) in [6.45, 7) is 0.281. The van der Waals surface area contributed by atoms with Crippen molar-refractivity contribution in [3.63, 3.8) is 0 Å². The Kier molecular flexibility index (Phi) is 7.59. The van der Waals surface area contributed by atoms with Crippen LogP contribution in [0.3, 0.4) is 0 Å². The topological polar surface area (TPSA) is 130 Å². The van der Waals surface area contributed by atoms with Gasteiger partial charge in [-0.3, -0.25) is 4.79 Å². The van der Waals surface area contributed by atoms with Crippen LogP contribution >= 0.6 is 0 Å². The number of hydrogen-bond donors (Lipinski definition) is 3. The first kappa shape index (κ1) is 21.7.